The number of nitrogens with one attached hydrogen (secondary N) is 1. The van der Waals surface area contributed by atoms with E-state index in [1.54, 1.807) is 4.90 Å². The smallest absolute Gasteiger partial charge is 0.228 e. The van der Waals surface area contributed by atoms with E-state index >= 15 is 0 Å². The molecule has 1 atom stereocenters. The Bertz CT molecular complexity index is 1050. The molecular formula is C24H26N4O2. The van der Waals surface area contributed by atoms with Crippen molar-refractivity contribution < 1.29 is 9.59 Å². The number of imidazole rings is 1. The van der Waals surface area contributed by atoms with Crippen LogP contribution in [0.1, 0.15) is 36.6 Å². The molecule has 2 aliphatic rings. The lowest BCUT2D eigenvalue weighted by Crippen LogP contribution is -2.42. The number of fused-ring (bicyclic) bond motifs is 1. The molecule has 0 saturated carbocycles. The Balaban J connectivity index is 1.21. The van der Waals surface area contributed by atoms with Gasteiger partial charge in [0.1, 0.15) is 5.82 Å². The molecular weight excluding hydrogens is 376 g/mol. The van der Waals surface area contributed by atoms with Crippen LogP contribution < -0.4 is 4.90 Å². The minimum absolute atomic E-state index is 0.0364. The number of rotatable bonds is 3. The Morgan fingerprint density at radius 3 is 2.53 bits per heavy atom. The number of aromatic nitrogens is 2. The van der Waals surface area contributed by atoms with Crippen LogP contribution in [0.15, 0.2) is 48.5 Å². The normalized spacial score (nSPS) is 20.3. The molecule has 6 heteroatoms. The molecule has 0 spiro atoms. The number of carbonyl (C=O) groups excluding carboxylic acids is 2. The first-order chi connectivity index (χ1) is 14.6. The Morgan fingerprint density at radius 1 is 1.07 bits per heavy atom. The molecule has 1 aromatic heterocycles. The summed E-state index contributed by atoms with van der Waals surface area (Å²) in [5, 5.41) is 0. The van der Waals surface area contributed by atoms with E-state index in [0.29, 0.717) is 18.9 Å². The van der Waals surface area contributed by atoms with E-state index in [1.807, 2.05) is 60.4 Å². The highest BCUT2D eigenvalue weighted by Gasteiger charge is 2.38. The molecule has 6 nitrogen and oxygen atoms in total. The second kappa shape index (κ2) is 7.59. The molecule has 1 N–H and O–H groups in total. The number of aromatic amines is 1. The molecule has 2 fully saturated rings. The van der Waals surface area contributed by atoms with Gasteiger partial charge in [0, 0.05) is 37.7 Å². The zero-order valence-corrected chi connectivity index (χ0v) is 17.2. The van der Waals surface area contributed by atoms with Crippen molar-refractivity contribution >= 4 is 28.5 Å². The quantitative estimate of drug-likeness (QED) is 0.727. The van der Waals surface area contributed by atoms with Crippen LogP contribution in [0.5, 0.6) is 0 Å². The summed E-state index contributed by atoms with van der Waals surface area (Å²) in [6.45, 7) is 3.94. The van der Waals surface area contributed by atoms with Crippen molar-refractivity contribution in [2.45, 2.75) is 32.1 Å². The summed E-state index contributed by atoms with van der Waals surface area (Å²) in [5.41, 5.74) is 4.09. The lowest BCUT2D eigenvalue weighted by molar-refractivity contribution is -0.136. The van der Waals surface area contributed by atoms with Gasteiger partial charge in [-0.15, -0.1) is 0 Å². The van der Waals surface area contributed by atoms with Crippen LogP contribution in [0.2, 0.25) is 0 Å². The summed E-state index contributed by atoms with van der Waals surface area (Å²) < 4.78 is 0. The van der Waals surface area contributed by atoms with Gasteiger partial charge in [0.05, 0.1) is 17.0 Å². The maximum absolute atomic E-state index is 13.1. The molecule has 2 aromatic carbocycles. The number of likely N-dealkylation sites (tertiary alicyclic amines) is 1. The van der Waals surface area contributed by atoms with Gasteiger partial charge in [-0.3, -0.25) is 9.59 Å². The molecule has 3 aromatic rings. The number of carbonyl (C=O) groups is 2. The van der Waals surface area contributed by atoms with Crippen molar-refractivity contribution in [2.75, 3.05) is 24.5 Å². The first-order valence-electron chi connectivity index (χ1n) is 10.7. The fourth-order valence-electron chi connectivity index (χ4n) is 4.64. The Hall–Kier alpha value is -3.15. The van der Waals surface area contributed by atoms with Crippen LogP contribution >= 0.6 is 0 Å². The number of nitrogens with zero attached hydrogens (tertiary/aromatic N) is 3. The number of H-pyrrole nitrogens is 1. The van der Waals surface area contributed by atoms with Gasteiger partial charge in [0.15, 0.2) is 0 Å². The van der Waals surface area contributed by atoms with Crippen LogP contribution in [0.4, 0.5) is 5.69 Å². The molecule has 0 radical (unpaired) electrons. The molecule has 2 amide bonds. The van der Waals surface area contributed by atoms with Crippen molar-refractivity contribution in [3.63, 3.8) is 0 Å². The highest BCUT2D eigenvalue weighted by Crippen LogP contribution is 2.31. The summed E-state index contributed by atoms with van der Waals surface area (Å²) in [5.74, 6) is 1.26. The van der Waals surface area contributed by atoms with Gasteiger partial charge in [0.25, 0.3) is 0 Å². The van der Waals surface area contributed by atoms with Gasteiger partial charge >= 0.3 is 0 Å². The summed E-state index contributed by atoms with van der Waals surface area (Å²) in [6.07, 6.45) is 2.10. The molecule has 30 heavy (non-hydrogen) atoms. The third-order valence-corrected chi connectivity index (χ3v) is 6.42. The van der Waals surface area contributed by atoms with Crippen LogP contribution in [0.25, 0.3) is 11.0 Å². The summed E-state index contributed by atoms with van der Waals surface area (Å²) in [4.78, 5) is 37.5. The van der Waals surface area contributed by atoms with Gasteiger partial charge < -0.3 is 14.8 Å². The fourth-order valence-corrected chi connectivity index (χ4v) is 4.64. The van der Waals surface area contributed by atoms with E-state index in [9.17, 15) is 9.59 Å². The van der Waals surface area contributed by atoms with Crippen molar-refractivity contribution in [2.24, 2.45) is 5.92 Å². The topological polar surface area (TPSA) is 69.3 Å². The Labute approximate surface area is 175 Å². The predicted molar refractivity (Wildman–Crippen MR) is 116 cm³/mol. The van der Waals surface area contributed by atoms with Crippen molar-refractivity contribution in [1.29, 1.82) is 0 Å². The summed E-state index contributed by atoms with van der Waals surface area (Å²) in [7, 11) is 0. The second-order valence-electron chi connectivity index (χ2n) is 8.48. The average molecular weight is 402 g/mol. The summed E-state index contributed by atoms with van der Waals surface area (Å²) >= 11 is 0. The molecule has 5 rings (SSSR count). The van der Waals surface area contributed by atoms with Crippen molar-refractivity contribution in [3.05, 3.63) is 59.9 Å². The molecule has 2 saturated heterocycles. The predicted octanol–water partition coefficient (Wildman–Crippen LogP) is 3.63. The zero-order valence-electron chi connectivity index (χ0n) is 17.2. The lowest BCUT2D eigenvalue weighted by atomic mass is 9.95. The number of anilines is 1. The SMILES string of the molecule is Cc1ccc(N2C[C@@H](C(=O)N3CCC(c4nc5ccccc5[nH]4)CC3)CC2=O)cc1. The van der Waals surface area contributed by atoms with Gasteiger partial charge in [0.2, 0.25) is 11.8 Å². The minimum atomic E-state index is -0.249. The van der Waals surface area contributed by atoms with Crippen LogP contribution in [0.3, 0.4) is 0 Å². The number of hydrogen-bond acceptors (Lipinski definition) is 3. The van der Waals surface area contributed by atoms with Crippen molar-refractivity contribution in [3.8, 4) is 0 Å². The molecule has 0 unspecified atom stereocenters. The third kappa shape index (κ3) is 3.47. The number of para-hydroxylation sites is 2. The first kappa shape index (κ1) is 18.9. The molecule has 3 heterocycles. The number of piperidine rings is 1. The molecule has 2 aliphatic heterocycles. The van der Waals surface area contributed by atoms with Gasteiger partial charge in [-0.25, -0.2) is 4.98 Å². The van der Waals surface area contributed by atoms with Crippen molar-refractivity contribution in [1.82, 2.24) is 14.9 Å². The number of hydrogen-bond donors (Lipinski definition) is 1. The van der Waals surface area contributed by atoms with Crippen LogP contribution in [-0.2, 0) is 9.59 Å². The fraction of sp³-hybridized carbons (Fsp3) is 0.375. The number of amides is 2. The lowest BCUT2D eigenvalue weighted by Gasteiger charge is -2.32. The highest BCUT2D eigenvalue weighted by molar-refractivity contribution is 6.00. The molecule has 0 aliphatic carbocycles. The van der Waals surface area contributed by atoms with Gasteiger partial charge in [-0.05, 0) is 44.0 Å². The second-order valence-corrected chi connectivity index (χ2v) is 8.48. The zero-order chi connectivity index (χ0) is 20.7. The Morgan fingerprint density at radius 2 is 1.80 bits per heavy atom. The number of benzene rings is 2. The minimum Gasteiger partial charge on any atom is -0.342 e. The van der Waals surface area contributed by atoms with Crippen LogP contribution in [0, 0.1) is 12.8 Å². The van der Waals surface area contributed by atoms with E-state index in [-0.39, 0.29) is 17.7 Å². The van der Waals surface area contributed by atoms with E-state index in [2.05, 4.69) is 4.98 Å². The monoisotopic (exact) mass is 402 g/mol. The van der Waals surface area contributed by atoms with Gasteiger partial charge in [-0.2, -0.15) is 0 Å². The summed E-state index contributed by atoms with van der Waals surface area (Å²) in [6, 6.07) is 16.0. The number of aryl methyl sites for hydroxylation is 1. The average Bonchev–Trinajstić information content (AvgIpc) is 3.38. The van der Waals surface area contributed by atoms with Gasteiger partial charge in [-0.1, -0.05) is 29.8 Å². The molecule has 0 bridgehead atoms. The van der Waals surface area contributed by atoms with Crippen LogP contribution in [-0.4, -0.2) is 46.3 Å². The van der Waals surface area contributed by atoms with E-state index in [4.69, 9.17) is 4.98 Å². The Kier molecular flexibility index (Phi) is 4.77. The third-order valence-electron chi connectivity index (χ3n) is 6.42. The maximum Gasteiger partial charge on any atom is 0.228 e. The maximum atomic E-state index is 13.1. The first-order valence-corrected chi connectivity index (χ1v) is 10.7. The molecule has 154 valence electrons. The van der Waals surface area contributed by atoms with E-state index < -0.39 is 0 Å². The van der Waals surface area contributed by atoms with E-state index in [1.165, 1.54) is 0 Å². The van der Waals surface area contributed by atoms with E-state index in [0.717, 1.165) is 54.0 Å². The standard InChI is InChI=1S/C24H26N4O2/c1-16-6-8-19(9-7-16)28-15-18(14-22(28)29)24(30)27-12-10-17(11-13-27)23-25-20-4-2-3-5-21(20)26-23/h2-9,17-18H,10-15H2,1H3,(H,25,26)/t18-/m0/s1. The highest BCUT2D eigenvalue weighted by atomic mass is 16.2. The largest absolute Gasteiger partial charge is 0.342 e.